The van der Waals surface area contributed by atoms with E-state index in [0.29, 0.717) is 5.56 Å². The number of hydrogen-bond acceptors (Lipinski definition) is 5. The fourth-order valence-corrected chi connectivity index (χ4v) is 3.79. The highest BCUT2D eigenvalue weighted by Gasteiger charge is 2.29. The molecule has 2 N–H and O–H groups in total. The Morgan fingerprint density at radius 3 is 2.45 bits per heavy atom. The molecule has 6 nitrogen and oxygen atoms in total. The number of aliphatic hydroxyl groups excluding tert-OH is 1. The first kappa shape index (κ1) is 21.0. The van der Waals surface area contributed by atoms with Gasteiger partial charge in [0.05, 0.1) is 35.9 Å². The molecule has 4 aromatic rings. The Labute approximate surface area is 185 Å². The molecule has 1 unspecified atom stereocenters. The number of aromatic amines is 1. The van der Waals surface area contributed by atoms with Crippen molar-refractivity contribution < 1.29 is 27.8 Å². The van der Waals surface area contributed by atoms with Crippen molar-refractivity contribution in [2.75, 3.05) is 13.2 Å². The van der Waals surface area contributed by atoms with Crippen LogP contribution in [0.5, 0.6) is 6.01 Å². The zero-order valence-electron chi connectivity index (χ0n) is 17.0. The van der Waals surface area contributed by atoms with Gasteiger partial charge in [0.15, 0.2) is 11.9 Å². The number of halogens is 3. The van der Waals surface area contributed by atoms with Gasteiger partial charge in [0.1, 0.15) is 23.3 Å². The summed E-state index contributed by atoms with van der Waals surface area (Å²) in [6.45, 7) is 0.285. The number of benzene rings is 3. The molecule has 1 aliphatic heterocycles. The van der Waals surface area contributed by atoms with Gasteiger partial charge in [0.2, 0.25) is 0 Å². The van der Waals surface area contributed by atoms with Crippen LogP contribution in [-0.4, -0.2) is 40.5 Å². The van der Waals surface area contributed by atoms with Crippen LogP contribution in [0.3, 0.4) is 0 Å². The molecular weight excluding hydrogens is 435 g/mol. The second-order valence-electron chi connectivity index (χ2n) is 7.63. The van der Waals surface area contributed by atoms with Gasteiger partial charge in [-0.2, -0.15) is 10.2 Å². The smallest absolute Gasteiger partial charge is 0.295 e. The minimum atomic E-state index is -0.878. The average molecular weight is 451 g/mol. The van der Waals surface area contributed by atoms with Crippen LogP contribution in [-0.2, 0) is 4.74 Å². The molecule has 1 aromatic heterocycles. The van der Waals surface area contributed by atoms with Crippen molar-refractivity contribution in [3.05, 3.63) is 71.5 Å². The molecule has 1 saturated heterocycles. The highest BCUT2D eigenvalue weighted by molar-refractivity contribution is 5.84. The fourth-order valence-electron chi connectivity index (χ4n) is 3.79. The Morgan fingerprint density at radius 1 is 1.03 bits per heavy atom. The van der Waals surface area contributed by atoms with Crippen LogP contribution in [0, 0.1) is 28.8 Å². The molecule has 33 heavy (non-hydrogen) atoms. The van der Waals surface area contributed by atoms with Crippen molar-refractivity contribution in [3.63, 3.8) is 0 Å². The predicted octanol–water partition coefficient (Wildman–Crippen LogP) is 4.32. The second-order valence-corrected chi connectivity index (χ2v) is 7.63. The summed E-state index contributed by atoms with van der Waals surface area (Å²) < 4.78 is 55.0. The van der Waals surface area contributed by atoms with E-state index in [2.05, 4.69) is 9.97 Å². The molecule has 0 saturated carbocycles. The Hall–Kier alpha value is -3.87. The van der Waals surface area contributed by atoms with Gasteiger partial charge in [0, 0.05) is 11.6 Å². The molecule has 0 amide bonds. The lowest BCUT2D eigenvalue weighted by Gasteiger charge is -2.12. The molecule has 0 bridgehead atoms. The summed E-state index contributed by atoms with van der Waals surface area (Å²) in [4.78, 5) is 6.77. The first-order valence-electron chi connectivity index (χ1n) is 10.0. The maximum atomic E-state index is 15.2. The minimum Gasteiger partial charge on any atom is -0.456 e. The number of imidazole rings is 1. The monoisotopic (exact) mass is 451 g/mol. The third-order valence-electron chi connectivity index (χ3n) is 5.49. The van der Waals surface area contributed by atoms with Gasteiger partial charge in [0.25, 0.3) is 6.01 Å². The molecule has 2 atom stereocenters. The van der Waals surface area contributed by atoms with Crippen molar-refractivity contribution in [1.82, 2.24) is 9.97 Å². The Bertz CT molecular complexity index is 1400. The first-order valence-corrected chi connectivity index (χ1v) is 10.0. The van der Waals surface area contributed by atoms with Crippen molar-refractivity contribution in [2.45, 2.75) is 12.2 Å². The highest BCUT2D eigenvalue weighted by atomic mass is 19.1. The van der Waals surface area contributed by atoms with Crippen molar-refractivity contribution in [1.29, 1.82) is 5.26 Å². The Balaban J connectivity index is 1.48. The van der Waals surface area contributed by atoms with E-state index < -0.39 is 29.7 Å². The van der Waals surface area contributed by atoms with Crippen LogP contribution in [0.4, 0.5) is 13.2 Å². The zero-order chi connectivity index (χ0) is 23.1. The van der Waals surface area contributed by atoms with Crippen LogP contribution in [0.15, 0.2) is 48.5 Å². The molecule has 3 aromatic carbocycles. The molecule has 0 aliphatic carbocycles. The van der Waals surface area contributed by atoms with Crippen LogP contribution >= 0.6 is 0 Å². The molecule has 166 valence electrons. The van der Waals surface area contributed by atoms with Gasteiger partial charge < -0.3 is 19.6 Å². The standard InChI is InChI=1S/C24H16F3N3O3/c25-16-7-12(9-28)1-6-15(16)13-2-4-14(5-3-13)21-17(26)8-18-23(22(21)27)30-24(29-18)33-20-11-32-10-19(20)31/h1-8,19-20,31H,10-11H2,(H,29,30)/t19?,20-/m1/s1. The summed E-state index contributed by atoms with van der Waals surface area (Å²) in [5, 5.41) is 18.7. The lowest BCUT2D eigenvalue weighted by molar-refractivity contribution is 0.0679. The third-order valence-corrected chi connectivity index (χ3v) is 5.49. The van der Waals surface area contributed by atoms with Crippen LogP contribution in [0.25, 0.3) is 33.3 Å². The third kappa shape index (κ3) is 3.80. The van der Waals surface area contributed by atoms with Gasteiger partial charge in [-0.15, -0.1) is 0 Å². The summed E-state index contributed by atoms with van der Waals surface area (Å²) in [6, 6.07) is 13.1. The van der Waals surface area contributed by atoms with E-state index in [0.717, 1.165) is 12.1 Å². The van der Waals surface area contributed by atoms with Gasteiger partial charge in [-0.3, -0.25) is 0 Å². The lowest BCUT2D eigenvalue weighted by Crippen LogP contribution is -2.30. The normalized spacial score (nSPS) is 17.9. The molecule has 9 heteroatoms. The van der Waals surface area contributed by atoms with E-state index in [1.807, 2.05) is 6.07 Å². The number of aliphatic hydroxyl groups is 1. The maximum Gasteiger partial charge on any atom is 0.295 e. The average Bonchev–Trinajstić information content (AvgIpc) is 3.40. The van der Waals surface area contributed by atoms with Crippen LogP contribution in [0.1, 0.15) is 5.56 Å². The number of rotatable bonds is 4. The molecule has 1 fully saturated rings. The largest absolute Gasteiger partial charge is 0.456 e. The van der Waals surface area contributed by atoms with E-state index in [-0.39, 0.29) is 52.5 Å². The highest BCUT2D eigenvalue weighted by Crippen LogP contribution is 2.34. The first-order chi connectivity index (χ1) is 15.9. The minimum absolute atomic E-state index is 0.0540. The van der Waals surface area contributed by atoms with Crippen LogP contribution < -0.4 is 4.74 Å². The number of aromatic nitrogens is 2. The molecule has 1 aliphatic rings. The zero-order valence-corrected chi connectivity index (χ0v) is 17.0. The van der Waals surface area contributed by atoms with E-state index in [1.54, 1.807) is 12.1 Å². The van der Waals surface area contributed by atoms with Gasteiger partial charge in [-0.1, -0.05) is 30.3 Å². The Morgan fingerprint density at radius 2 is 1.79 bits per heavy atom. The predicted molar refractivity (Wildman–Crippen MR) is 113 cm³/mol. The van der Waals surface area contributed by atoms with E-state index in [9.17, 15) is 13.9 Å². The maximum absolute atomic E-state index is 15.2. The summed E-state index contributed by atoms with van der Waals surface area (Å²) in [5.74, 6) is -2.25. The summed E-state index contributed by atoms with van der Waals surface area (Å²) in [5.41, 5.74) is 0.916. The topological polar surface area (TPSA) is 91.2 Å². The van der Waals surface area contributed by atoms with Crippen molar-refractivity contribution in [3.8, 4) is 34.3 Å². The number of nitrogens with zero attached hydrogens (tertiary/aromatic N) is 2. The molecular formula is C24H16F3N3O3. The lowest BCUT2D eigenvalue weighted by atomic mass is 9.98. The SMILES string of the molecule is N#Cc1ccc(-c2ccc(-c3c(F)cc4[nH]c(O[C@@H]5COCC5O)nc4c3F)cc2)c(F)c1. The van der Waals surface area contributed by atoms with Gasteiger partial charge >= 0.3 is 0 Å². The number of H-pyrrole nitrogens is 1. The summed E-state index contributed by atoms with van der Waals surface area (Å²) >= 11 is 0. The molecule has 0 spiro atoms. The molecule has 5 rings (SSSR count). The fraction of sp³-hybridized carbons (Fsp3) is 0.167. The molecule has 2 heterocycles. The summed E-state index contributed by atoms with van der Waals surface area (Å²) in [7, 11) is 0. The van der Waals surface area contributed by atoms with Crippen molar-refractivity contribution in [2.24, 2.45) is 0 Å². The number of hydrogen-bond donors (Lipinski definition) is 2. The molecule has 0 radical (unpaired) electrons. The van der Waals surface area contributed by atoms with E-state index in [1.165, 1.54) is 24.3 Å². The Kier molecular flexibility index (Phi) is 5.24. The van der Waals surface area contributed by atoms with Crippen LogP contribution in [0.2, 0.25) is 0 Å². The van der Waals surface area contributed by atoms with Gasteiger partial charge in [-0.25, -0.2) is 13.2 Å². The van der Waals surface area contributed by atoms with E-state index >= 15 is 4.39 Å². The van der Waals surface area contributed by atoms with Crippen molar-refractivity contribution >= 4 is 11.0 Å². The number of ether oxygens (including phenoxy) is 2. The number of nitrogens with one attached hydrogen (secondary N) is 1. The van der Waals surface area contributed by atoms with E-state index in [4.69, 9.17) is 14.7 Å². The second kappa shape index (κ2) is 8.24. The summed E-state index contributed by atoms with van der Waals surface area (Å²) in [6.07, 6.45) is -1.50. The number of fused-ring (bicyclic) bond motifs is 1. The number of nitriles is 1. The quantitative estimate of drug-likeness (QED) is 0.482. The van der Waals surface area contributed by atoms with Gasteiger partial charge in [-0.05, 0) is 23.3 Å².